The monoisotopic (exact) mass is 263 g/mol. The number of hydrogen-bond acceptors (Lipinski definition) is 5. The lowest BCUT2D eigenvalue weighted by molar-refractivity contribution is -0.140. The summed E-state index contributed by atoms with van der Waals surface area (Å²) in [6, 6.07) is 1.80. The first-order valence-electron chi connectivity index (χ1n) is 6.56. The number of carbonyl (C=O) groups is 1. The summed E-state index contributed by atoms with van der Waals surface area (Å²) in [6.07, 6.45) is 3.47. The van der Waals surface area contributed by atoms with Crippen LogP contribution < -0.4 is 10.6 Å². The predicted octanol–water partition coefficient (Wildman–Crippen LogP) is 0.110. The topological polar surface area (TPSA) is 75.4 Å². The quantitative estimate of drug-likeness (QED) is 0.837. The van der Waals surface area contributed by atoms with Gasteiger partial charge < -0.3 is 15.5 Å². The second-order valence-corrected chi connectivity index (χ2v) is 5.42. The van der Waals surface area contributed by atoms with Gasteiger partial charge in [0.1, 0.15) is 0 Å². The van der Waals surface area contributed by atoms with E-state index in [2.05, 4.69) is 14.9 Å². The molecule has 0 unspecified atom stereocenters. The van der Waals surface area contributed by atoms with Crippen LogP contribution >= 0.6 is 0 Å². The van der Waals surface area contributed by atoms with Crippen LogP contribution in [-0.4, -0.2) is 53.5 Å². The van der Waals surface area contributed by atoms with Gasteiger partial charge in [-0.2, -0.15) is 0 Å². The number of nitrogens with zero attached hydrogens (tertiary/aromatic N) is 4. The molecule has 0 bridgehead atoms. The van der Waals surface area contributed by atoms with Crippen molar-refractivity contribution in [3.63, 3.8) is 0 Å². The molecule has 6 nitrogen and oxygen atoms in total. The Balaban J connectivity index is 1.95. The molecule has 6 heteroatoms. The molecule has 0 atom stereocenters. The normalized spacial score (nSPS) is 16.6. The summed E-state index contributed by atoms with van der Waals surface area (Å²) in [6.45, 7) is 7.06. The van der Waals surface area contributed by atoms with Gasteiger partial charge in [-0.3, -0.25) is 4.79 Å². The van der Waals surface area contributed by atoms with E-state index in [-0.39, 0.29) is 5.91 Å². The Kier molecular flexibility index (Phi) is 3.99. The minimum Gasteiger partial charge on any atom is -0.339 e. The summed E-state index contributed by atoms with van der Waals surface area (Å²) in [5, 5.41) is 0. The first-order chi connectivity index (χ1) is 9.04. The van der Waals surface area contributed by atoms with Crippen molar-refractivity contribution in [2.45, 2.75) is 13.8 Å². The fourth-order valence-corrected chi connectivity index (χ4v) is 2.08. The minimum absolute atomic E-state index is 0.128. The zero-order valence-electron chi connectivity index (χ0n) is 11.5. The van der Waals surface area contributed by atoms with Gasteiger partial charge in [0.2, 0.25) is 11.9 Å². The molecule has 1 aromatic heterocycles. The molecule has 1 aliphatic rings. The SMILES string of the molecule is CC(C)(CN)C(=O)N1CCN(c2ncccn2)CC1. The Labute approximate surface area is 113 Å². The molecule has 0 aromatic carbocycles. The Bertz CT molecular complexity index is 426. The lowest BCUT2D eigenvalue weighted by Crippen LogP contribution is -2.53. The lowest BCUT2D eigenvalue weighted by atomic mass is 9.91. The number of amides is 1. The summed E-state index contributed by atoms with van der Waals surface area (Å²) >= 11 is 0. The fourth-order valence-electron chi connectivity index (χ4n) is 2.08. The van der Waals surface area contributed by atoms with Crippen LogP contribution in [0.2, 0.25) is 0 Å². The van der Waals surface area contributed by atoms with Crippen LogP contribution in [0.25, 0.3) is 0 Å². The molecule has 19 heavy (non-hydrogen) atoms. The van der Waals surface area contributed by atoms with Gasteiger partial charge >= 0.3 is 0 Å². The van der Waals surface area contributed by atoms with Crippen LogP contribution in [0.4, 0.5) is 5.95 Å². The van der Waals surface area contributed by atoms with Gasteiger partial charge in [0.15, 0.2) is 0 Å². The van der Waals surface area contributed by atoms with E-state index in [0.29, 0.717) is 19.6 Å². The van der Waals surface area contributed by atoms with Crippen molar-refractivity contribution in [3.8, 4) is 0 Å². The van der Waals surface area contributed by atoms with Crippen LogP contribution in [0.15, 0.2) is 18.5 Å². The van der Waals surface area contributed by atoms with Gasteiger partial charge in [-0.05, 0) is 19.9 Å². The van der Waals surface area contributed by atoms with Crippen LogP contribution in [0.5, 0.6) is 0 Å². The number of hydrogen-bond donors (Lipinski definition) is 1. The maximum absolute atomic E-state index is 12.3. The molecule has 0 saturated carbocycles. The number of nitrogens with two attached hydrogens (primary N) is 1. The Morgan fingerprint density at radius 2 is 1.84 bits per heavy atom. The van der Waals surface area contributed by atoms with Gasteiger partial charge in [-0.25, -0.2) is 9.97 Å². The van der Waals surface area contributed by atoms with E-state index in [1.807, 2.05) is 18.7 Å². The van der Waals surface area contributed by atoms with Crippen molar-refractivity contribution in [3.05, 3.63) is 18.5 Å². The Hall–Kier alpha value is -1.69. The van der Waals surface area contributed by atoms with E-state index in [4.69, 9.17) is 5.73 Å². The van der Waals surface area contributed by atoms with E-state index < -0.39 is 5.41 Å². The molecule has 104 valence electrons. The van der Waals surface area contributed by atoms with Crippen molar-refractivity contribution in [2.75, 3.05) is 37.6 Å². The van der Waals surface area contributed by atoms with Crippen molar-refractivity contribution >= 4 is 11.9 Å². The number of carbonyl (C=O) groups excluding carboxylic acids is 1. The van der Waals surface area contributed by atoms with Crippen molar-refractivity contribution in [2.24, 2.45) is 11.1 Å². The molecule has 1 fully saturated rings. The third-order valence-corrected chi connectivity index (χ3v) is 3.49. The lowest BCUT2D eigenvalue weighted by Gasteiger charge is -2.38. The molecule has 0 radical (unpaired) electrons. The maximum atomic E-state index is 12.3. The van der Waals surface area contributed by atoms with E-state index in [9.17, 15) is 4.79 Å². The zero-order chi connectivity index (χ0) is 13.9. The Morgan fingerprint density at radius 1 is 1.26 bits per heavy atom. The first-order valence-corrected chi connectivity index (χ1v) is 6.56. The average Bonchev–Trinajstić information content (AvgIpc) is 2.47. The van der Waals surface area contributed by atoms with Gasteiger partial charge in [-0.1, -0.05) is 0 Å². The highest BCUT2D eigenvalue weighted by Crippen LogP contribution is 2.19. The van der Waals surface area contributed by atoms with E-state index in [1.54, 1.807) is 18.5 Å². The second kappa shape index (κ2) is 5.52. The molecule has 1 amide bonds. The van der Waals surface area contributed by atoms with Crippen molar-refractivity contribution in [1.29, 1.82) is 0 Å². The maximum Gasteiger partial charge on any atom is 0.229 e. The van der Waals surface area contributed by atoms with E-state index in [0.717, 1.165) is 19.0 Å². The van der Waals surface area contributed by atoms with Gasteiger partial charge in [0.05, 0.1) is 5.41 Å². The standard InChI is InChI=1S/C13H21N5O/c1-13(2,10-14)11(19)17-6-8-18(9-7-17)12-15-4-3-5-16-12/h3-5H,6-10,14H2,1-2H3. The summed E-state index contributed by atoms with van der Waals surface area (Å²) in [4.78, 5) is 24.7. The number of rotatable bonds is 3. The molecule has 2 N–H and O–H groups in total. The summed E-state index contributed by atoms with van der Waals surface area (Å²) < 4.78 is 0. The smallest absolute Gasteiger partial charge is 0.229 e. The van der Waals surface area contributed by atoms with E-state index in [1.165, 1.54) is 0 Å². The molecular weight excluding hydrogens is 242 g/mol. The van der Waals surface area contributed by atoms with Gasteiger partial charge in [0, 0.05) is 45.1 Å². The van der Waals surface area contributed by atoms with E-state index >= 15 is 0 Å². The highest BCUT2D eigenvalue weighted by molar-refractivity contribution is 5.82. The van der Waals surface area contributed by atoms with Crippen LogP contribution in [0, 0.1) is 5.41 Å². The molecule has 1 aromatic rings. The van der Waals surface area contributed by atoms with Gasteiger partial charge in [0.25, 0.3) is 0 Å². The van der Waals surface area contributed by atoms with Crippen molar-refractivity contribution < 1.29 is 4.79 Å². The number of piperazine rings is 1. The third-order valence-electron chi connectivity index (χ3n) is 3.49. The number of anilines is 1. The summed E-state index contributed by atoms with van der Waals surface area (Å²) in [7, 11) is 0. The molecule has 2 rings (SSSR count). The average molecular weight is 263 g/mol. The predicted molar refractivity (Wildman–Crippen MR) is 73.7 cm³/mol. The third kappa shape index (κ3) is 3.01. The first kappa shape index (κ1) is 13.7. The Morgan fingerprint density at radius 3 is 2.37 bits per heavy atom. The molecule has 1 saturated heterocycles. The van der Waals surface area contributed by atoms with Crippen LogP contribution in [0.3, 0.4) is 0 Å². The molecule has 0 spiro atoms. The molecule has 2 heterocycles. The summed E-state index contributed by atoms with van der Waals surface area (Å²) in [5.41, 5.74) is 5.17. The molecule has 1 aliphatic heterocycles. The minimum atomic E-state index is -0.481. The largest absolute Gasteiger partial charge is 0.339 e. The zero-order valence-corrected chi connectivity index (χ0v) is 11.5. The van der Waals surface area contributed by atoms with Crippen LogP contribution in [-0.2, 0) is 4.79 Å². The highest BCUT2D eigenvalue weighted by Gasteiger charge is 2.32. The van der Waals surface area contributed by atoms with Crippen molar-refractivity contribution in [1.82, 2.24) is 14.9 Å². The molecular formula is C13H21N5O. The highest BCUT2D eigenvalue weighted by atomic mass is 16.2. The molecule has 0 aliphatic carbocycles. The van der Waals surface area contributed by atoms with Gasteiger partial charge in [-0.15, -0.1) is 0 Å². The van der Waals surface area contributed by atoms with Crippen LogP contribution in [0.1, 0.15) is 13.8 Å². The fraction of sp³-hybridized carbons (Fsp3) is 0.615. The number of aromatic nitrogens is 2. The summed E-state index contributed by atoms with van der Waals surface area (Å²) in [5.74, 6) is 0.858. The second-order valence-electron chi connectivity index (χ2n) is 5.42.